The smallest absolute Gasteiger partial charge is 0.256 e. The Balaban J connectivity index is 2.41. The van der Waals surface area contributed by atoms with Crippen LogP contribution < -0.4 is 10.4 Å². The van der Waals surface area contributed by atoms with E-state index in [9.17, 15) is 19.5 Å². The largest absolute Gasteiger partial charge is 0.545 e. The SMILES string of the molecule is CC(=O)c1sc(C(C)(C)C)cc1NC(=O)c1ccccc1C(=O)[O-]. The molecule has 0 aliphatic carbocycles. The van der Waals surface area contributed by atoms with E-state index >= 15 is 0 Å². The molecule has 0 saturated heterocycles. The Kier molecular flexibility index (Phi) is 4.89. The predicted octanol–water partition coefficient (Wildman–Crippen LogP) is 2.86. The Morgan fingerprint density at radius 3 is 2.17 bits per heavy atom. The Labute approximate surface area is 144 Å². The fourth-order valence-corrected chi connectivity index (χ4v) is 3.23. The molecule has 0 unspecified atom stereocenters. The molecule has 126 valence electrons. The van der Waals surface area contributed by atoms with Gasteiger partial charge in [0.15, 0.2) is 5.78 Å². The number of carboxylic acids is 1. The lowest BCUT2D eigenvalue weighted by atomic mass is 9.94. The minimum Gasteiger partial charge on any atom is -0.545 e. The Bertz CT molecular complexity index is 815. The Morgan fingerprint density at radius 2 is 1.67 bits per heavy atom. The third-order valence-electron chi connectivity index (χ3n) is 3.43. The predicted molar refractivity (Wildman–Crippen MR) is 91.7 cm³/mol. The number of thiophene rings is 1. The maximum absolute atomic E-state index is 12.5. The normalized spacial score (nSPS) is 11.2. The van der Waals surface area contributed by atoms with Crippen LogP contribution in [0.1, 0.15) is 63.0 Å². The highest BCUT2D eigenvalue weighted by Crippen LogP contribution is 2.36. The number of aromatic carboxylic acids is 1. The first kappa shape index (κ1) is 17.9. The van der Waals surface area contributed by atoms with E-state index in [1.165, 1.54) is 36.5 Å². The van der Waals surface area contributed by atoms with Crippen LogP contribution in [0.15, 0.2) is 30.3 Å². The van der Waals surface area contributed by atoms with Gasteiger partial charge in [-0.15, -0.1) is 11.3 Å². The van der Waals surface area contributed by atoms with Crippen LogP contribution in [0.2, 0.25) is 0 Å². The minimum absolute atomic E-state index is 0.00416. The van der Waals surface area contributed by atoms with Crippen molar-refractivity contribution in [1.29, 1.82) is 0 Å². The van der Waals surface area contributed by atoms with Gasteiger partial charge in [0.25, 0.3) is 5.91 Å². The van der Waals surface area contributed by atoms with Crippen molar-refractivity contribution in [3.8, 4) is 0 Å². The van der Waals surface area contributed by atoms with Crippen molar-refractivity contribution >= 4 is 34.7 Å². The van der Waals surface area contributed by atoms with Crippen LogP contribution >= 0.6 is 11.3 Å². The maximum atomic E-state index is 12.5. The molecule has 0 fully saturated rings. The number of hydrogen-bond acceptors (Lipinski definition) is 5. The van der Waals surface area contributed by atoms with Crippen LogP contribution in [0.25, 0.3) is 0 Å². The second kappa shape index (κ2) is 6.57. The van der Waals surface area contributed by atoms with Gasteiger partial charge in [0.1, 0.15) is 0 Å². The summed E-state index contributed by atoms with van der Waals surface area (Å²) >= 11 is 1.33. The van der Waals surface area contributed by atoms with Crippen LogP contribution in [-0.2, 0) is 5.41 Å². The molecule has 0 bridgehead atoms. The minimum atomic E-state index is -1.42. The molecule has 0 spiro atoms. The summed E-state index contributed by atoms with van der Waals surface area (Å²) in [7, 11) is 0. The number of carboxylic acid groups (broad SMARTS) is 1. The van der Waals surface area contributed by atoms with Crippen LogP contribution in [0.4, 0.5) is 5.69 Å². The molecule has 1 amide bonds. The van der Waals surface area contributed by atoms with E-state index in [4.69, 9.17) is 0 Å². The third kappa shape index (κ3) is 3.71. The first-order valence-corrected chi connectivity index (χ1v) is 8.20. The van der Waals surface area contributed by atoms with Crippen molar-refractivity contribution in [3.05, 3.63) is 51.2 Å². The van der Waals surface area contributed by atoms with E-state index < -0.39 is 11.9 Å². The number of hydrogen-bond donors (Lipinski definition) is 1. The lowest BCUT2D eigenvalue weighted by Gasteiger charge is -2.15. The van der Waals surface area contributed by atoms with E-state index in [1.54, 1.807) is 12.1 Å². The first-order valence-electron chi connectivity index (χ1n) is 7.38. The molecule has 5 nitrogen and oxygen atoms in total. The highest BCUT2D eigenvalue weighted by molar-refractivity contribution is 7.14. The van der Waals surface area contributed by atoms with Gasteiger partial charge in [0.05, 0.1) is 16.5 Å². The molecule has 0 radical (unpaired) electrons. The Hall–Kier alpha value is -2.47. The molecule has 1 heterocycles. The standard InChI is InChI=1S/C18H19NO4S/c1-10(20)15-13(9-14(24-15)18(2,3)4)19-16(21)11-7-5-6-8-12(11)17(22)23/h5-9H,1-4H3,(H,19,21)(H,22,23)/p-1. The van der Waals surface area contributed by atoms with Gasteiger partial charge in [-0.1, -0.05) is 39.0 Å². The topological polar surface area (TPSA) is 86.3 Å². The number of Topliss-reactive ketones (excluding diaryl/α,β-unsaturated/α-hetero) is 1. The molecular weight excluding hydrogens is 326 g/mol. The van der Waals surface area contributed by atoms with E-state index in [0.29, 0.717) is 10.6 Å². The summed E-state index contributed by atoms with van der Waals surface area (Å²) in [6, 6.07) is 7.57. The highest BCUT2D eigenvalue weighted by atomic mass is 32.1. The molecule has 1 aromatic heterocycles. The number of amides is 1. The molecule has 0 aliphatic heterocycles. The molecule has 2 aromatic rings. The van der Waals surface area contributed by atoms with Crippen LogP contribution in [0.3, 0.4) is 0 Å². The third-order valence-corrected chi connectivity index (χ3v) is 5.09. The number of anilines is 1. The molecule has 0 atom stereocenters. The quantitative estimate of drug-likeness (QED) is 0.864. The van der Waals surface area contributed by atoms with Gasteiger partial charge in [0, 0.05) is 22.9 Å². The van der Waals surface area contributed by atoms with Gasteiger partial charge in [-0.25, -0.2) is 0 Å². The van der Waals surface area contributed by atoms with Crippen LogP contribution in [0.5, 0.6) is 0 Å². The van der Waals surface area contributed by atoms with Gasteiger partial charge in [-0.05, 0) is 17.5 Å². The number of ketones is 1. The van der Waals surface area contributed by atoms with E-state index in [-0.39, 0.29) is 22.3 Å². The number of carbonyl (C=O) groups excluding carboxylic acids is 3. The second-order valence-electron chi connectivity index (χ2n) is 6.45. The van der Waals surface area contributed by atoms with E-state index in [1.807, 2.05) is 20.8 Å². The molecule has 6 heteroatoms. The first-order chi connectivity index (χ1) is 11.1. The van der Waals surface area contributed by atoms with E-state index in [2.05, 4.69) is 5.32 Å². The number of rotatable bonds is 4. The number of benzene rings is 1. The second-order valence-corrected chi connectivity index (χ2v) is 7.50. The van der Waals surface area contributed by atoms with Crippen LogP contribution in [-0.4, -0.2) is 17.7 Å². The van der Waals surface area contributed by atoms with Gasteiger partial charge in [-0.3, -0.25) is 9.59 Å². The number of nitrogens with one attached hydrogen (secondary N) is 1. The molecule has 24 heavy (non-hydrogen) atoms. The van der Waals surface area contributed by atoms with E-state index in [0.717, 1.165) is 4.88 Å². The molecule has 0 saturated carbocycles. The summed E-state index contributed by atoms with van der Waals surface area (Å²) in [6.45, 7) is 7.47. The van der Waals surface area contributed by atoms with Crippen LogP contribution in [0, 0.1) is 0 Å². The van der Waals surface area contributed by atoms with Gasteiger partial charge in [0.2, 0.25) is 0 Å². The van der Waals surface area contributed by atoms with Gasteiger partial charge >= 0.3 is 0 Å². The molecule has 2 rings (SSSR count). The zero-order chi connectivity index (χ0) is 18.1. The summed E-state index contributed by atoms with van der Waals surface area (Å²) in [5.74, 6) is -2.16. The van der Waals surface area contributed by atoms with Crippen molar-refractivity contribution < 1.29 is 19.5 Å². The van der Waals surface area contributed by atoms with Crippen molar-refractivity contribution in [2.45, 2.75) is 33.1 Å². The molecule has 1 N–H and O–H groups in total. The maximum Gasteiger partial charge on any atom is 0.256 e. The van der Waals surface area contributed by atoms with Crippen molar-refractivity contribution in [3.63, 3.8) is 0 Å². The molecular formula is C18H18NO4S-. The highest BCUT2D eigenvalue weighted by Gasteiger charge is 2.23. The number of carbonyl (C=O) groups is 3. The fourth-order valence-electron chi connectivity index (χ4n) is 2.16. The zero-order valence-corrected chi connectivity index (χ0v) is 14.7. The summed E-state index contributed by atoms with van der Waals surface area (Å²) in [5.41, 5.74) is 0.0394. The Morgan fingerprint density at radius 1 is 1.08 bits per heavy atom. The molecule has 1 aromatic carbocycles. The summed E-state index contributed by atoms with van der Waals surface area (Å²) < 4.78 is 0. The van der Waals surface area contributed by atoms with Gasteiger partial charge < -0.3 is 15.2 Å². The average Bonchev–Trinajstić information content (AvgIpc) is 2.91. The fraction of sp³-hybridized carbons (Fsp3) is 0.278. The van der Waals surface area contributed by atoms with Crippen molar-refractivity contribution in [2.24, 2.45) is 0 Å². The van der Waals surface area contributed by atoms with Gasteiger partial charge in [-0.2, -0.15) is 0 Å². The summed E-state index contributed by atoms with van der Waals surface area (Å²) in [6.07, 6.45) is 0. The lowest BCUT2D eigenvalue weighted by molar-refractivity contribution is -0.255. The monoisotopic (exact) mass is 344 g/mol. The average molecular weight is 344 g/mol. The molecule has 0 aliphatic rings. The summed E-state index contributed by atoms with van der Waals surface area (Å²) in [4.78, 5) is 36.9. The lowest BCUT2D eigenvalue weighted by Crippen LogP contribution is -2.26. The summed E-state index contributed by atoms with van der Waals surface area (Å²) in [5, 5.41) is 13.8. The van der Waals surface area contributed by atoms with Crippen molar-refractivity contribution in [2.75, 3.05) is 5.32 Å². The zero-order valence-electron chi connectivity index (χ0n) is 13.9. The van der Waals surface area contributed by atoms with Crippen molar-refractivity contribution in [1.82, 2.24) is 0 Å².